The molecule has 2 amide bonds. The fourth-order valence-corrected chi connectivity index (χ4v) is 4.79. The third kappa shape index (κ3) is 5.60. The molecule has 0 spiro atoms. The van der Waals surface area contributed by atoms with E-state index >= 15 is 0 Å². The van der Waals surface area contributed by atoms with E-state index in [1.807, 2.05) is 12.1 Å². The molecule has 11 heteroatoms. The van der Waals surface area contributed by atoms with E-state index in [0.717, 1.165) is 11.8 Å². The standard InChI is InChI=1S/C23H27N3O7S/c1-31-20-8-5-16-11-21(20)32-14-22(27)24-12-15-3-6-17(7-4-15)33-19-9-10-26(34(2,29)30)13-18(19)25-23(16)28/h3-8,11,18-19H,9-10,12-14H2,1-2H3,(H,24,27)(H,25,28)/t18-,19+/m0/s1. The van der Waals surface area contributed by atoms with Crippen molar-refractivity contribution in [3.05, 3.63) is 53.6 Å². The van der Waals surface area contributed by atoms with Crippen LogP contribution in [0.2, 0.25) is 0 Å². The Balaban J connectivity index is 1.67. The molecular formula is C23H27N3O7S. The van der Waals surface area contributed by atoms with Crippen LogP contribution in [0.3, 0.4) is 0 Å². The van der Waals surface area contributed by atoms with Crippen molar-refractivity contribution in [1.82, 2.24) is 14.9 Å². The van der Waals surface area contributed by atoms with Gasteiger partial charge < -0.3 is 24.8 Å². The number of nitrogens with zero attached hydrogens (tertiary/aromatic N) is 1. The molecule has 3 heterocycles. The van der Waals surface area contributed by atoms with Crippen molar-refractivity contribution in [2.24, 2.45) is 0 Å². The lowest BCUT2D eigenvalue weighted by Crippen LogP contribution is -2.57. The number of ether oxygens (including phenoxy) is 3. The molecule has 34 heavy (non-hydrogen) atoms. The number of fused-ring (bicyclic) bond motifs is 7. The number of hydrogen-bond donors (Lipinski definition) is 2. The molecule has 0 aromatic heterocycles. The number of amides is 2. The molecule has 0 radical (unpaired) electrons. The lowest BCUT2D eigenvalue weighted by molar-refractivity contribution is -0.123. The average Bonchev–Trinajstić information content (AvgIpc) is 2.82. The average molecular weight is 490 g/mol. The largest absolute Gasteiger partial charge is 0.493 e. The maximum Gasteiger partial charge on any atom is 0.258 e. The first-order chi connectivity index (χ1) is 16.2. The molecule has 2 aromatic rings. The Hall–Kier alpha value is -3.31. The van der Waals surface area contributed by atoms with Crippen LogP contribution in [0.4, 0.5) is 0 Å². The van der Waals surface area contributed by atoms with E-state index in [1.54, 1.807) is 24.3 Å². The summed E-state index contributed by atoms with van der Waals surface area (Å²) in [4.78, 5) is 25.4. The van der Waals surface area contributed by atoms with Gasteiger partial charge in [-0.3, -0.25) is 9.59 Å². The number of carbonyl (C=O) groups excluding carboxylic acids is 2. The fraction of sp³-hybridized carbons (Fsp3) is 0.391. The Bertz CT molecular complexity index is 1170. The van der Waals surface area contributed by atoms with E-state index < -0.39 is 28.1 Å². The predicted molar refractivity (Wildman–Crippen MR) is 123 cm³/mol. The van der Waals surface area contributed by atoms with Crippen molar-refractivity contribution in [3.8, 4) is 17.2 Å². The van der Waals surface area contributed by atoms with E-state index in [0.29, 0.717) is 31.0 Å². The third-order valence-electron chi connectivity index (χ3n) is 5.78. The Morgan fingerprint density at radius 3 is 2.59 bits per heavy atom. The molecule has 5 rings (SSSR count). The fourth-order valence-electron chi connectivity index (χ4n) is 3.92. The van der Waals surface area contributed by atoms with Gasteiger partial charge in [0.1, 0.15) is 11.9 Å². The molecule has 0 saturated carbocycles. The van der Waals surface area contributed by atoms with Crippen molar-refractivity contribution in [3.63, 3.8) is 0 Å². The molecule has 0 unspecified atom stereocenters. The lowest BCUT2D eigenvalue weighted by atomic mass is 10.0. The van der Waals surface area contributed by atoms with Gasteiger partial charge in [0, 0.05) is 31.6 Å². The van der Waals surface area contributed by atoms with Crippen LogP contribution < -0.4 is 24.8 Å². The van der Waals surface area contributed by atoms with Gasteiger partial charge >= 0.3 is 0 Å². The van der Waals surface area contributed by atoms with Gasteiger partial charge in [-0.1, -0.05) is 12.1 Å². The number of nitrogens with one attached hydrogen (secondary N) is 2. The highest BCUT2D eigenvalue weighted by Gasteiger charge is 2.35. The number of benzene rings is 2. The molecule has 1 fully saturated rings. The van der Waals surface area contributed by atoms with Crippen molar-refractivity contribution in [2.45, 2.75) is 25.1 Å². The second-order valence-electron chi connectivity index (χ2n) is 8.22. The van der Waals surface area contributed by atoms with Crippen LogP contribution in [0.1, 0.15) is 22.3 Å². The summed E-state index contributed by atoms with van der Waals surface area (Å²) >= 11 is 0. The maximum atomic E-state index is 13.1. The summed E-state index contributed by atoms with van der Waals surface area (Å²) in [5, 5.41) is 5.70. The second kappa shape index (κ2) is 9.90. The highest BCUT2D eigenvalue weighted by molar-refractivity contribution is 7.88. The van der Waals surface area contributed by atoms with Crippen LogP contribution in [0, 0.1) is 0 Å². The van der Waals surface area contributed by atoms with Gasteiger partial charge in [0.15, 0.2) is 18.1 Å². The molecule has 182 valence electrons. The zero-order valence-corrected chi connectivity index (χ0v) is 19.8. The van der Waals surface area contributed by atoms with Crippen LogP contribution in [0.25, 0.3) is 0 Å². The lowest BCUT2D eigenvalue weighted by Gasteiger charge is -2.37. The van der Waals surface area contributed by atoms with Crippen LogP contribution in [-0.4, -0.2) is 69.7 Å². The molecule has 2 aromatic carbocycles. The van der Waals surface area contributed by atoms with Gasteiger partial charge in [-0.2, -0.15) is 4.31 Å². The van der Waals surface area contributed by atoms with Crippen molar-refractivity contribution >= 4 is 21.8 Å². The molecular weight excluding hydrogens is 462 g/mol. The van der Waals surface area contributed by atoms with Crippen LogP contribution in [0.5, 0.6) is 17.2 Å². The Kier molecular flexibility index (Phi) is 6.94. The first-order valence-corrected chi connectivity index (χ1v) is 12.7. The molecule has 10 nitrogen and oxygen atoms in total. The highest BCUT2D eigenvalue weighted by atomic mass is 32.2. The van der Waals surface area contributed by atoms with Gasteiger partial charge in [-0.05, 0) is 35.9 Å². The van der Waals surface area contributed by atoms with Crippen molar-refractivity contribution in [1.29, 1.82) is 0 Å². The maximum absolute atomic E-state index is 13.1. The molecule has 1 saturated heterocycles. The number of hydrogen-bond acceptors (Lipinski definition) is 7. The second-order valence-corrected chi connectivity index (χ2v) is 10.2. The van der Waals surface area contributed by atoms with E-state index in [1.165, 1.54) is 17.5 Å². The molecule has 2 N–H and O–H groups in total. The van der Waals surface area contributed by atoms with E-state index in [2.05, 4.69) is 10.6 Å². The normalized spacial score (nSPS) is 21.8. The topological polar surface area (TPSA) is 123 Å². The molecule has 2 atom stereocenters. The summed E-state index contributed by atoms with van der Waals surface area (Å²) in [6, 6.07) is 11.3. The molecule has 3 aliphatic rings. The van der Waals surface area contributed by atoms with Crippen molar-refractivity contribution in [2.75, 3.05) is 33.1 Å². The minimum Gasteiger partial charge on any atom is -0.493 e. The monoisotopic (exact) mass is 489 g/mol. The summed E-state index contributed by atoms with van der Waals surface area (Å²) in [5.41, 5.74) is 1.15. The number of carbonyl (C=O) groups is 2. The van der Waals surface area contributed by atoms with Gasteiger partial charge in [-0.25, -0.2) is 8.42 Å². The zero-order chi connectivity index (χ0) is 24.3. The summed E-state index contributed by atoms with van der Waals surface area (Å²) in [6.07, 6.45) is 1.12. The van der Waals surface area contributed by atoms with E-state index in [-0.39, 0.29) is 30.4 Å². The van der Waals surface area contributed by atoms with Crippen LogP contribution in [0.15, 0.2) is 42.5 Å². The Labute approximate surface area is 198 Å². The quantitative estimate of drug-likeness (QED) is 0.643. The van der Waals surface area contributed by atoms with Gasteiger partial charge in [0.05, 0.1) is 19.4 Å². The van der Waals surface area contributed by atoms with Gasteiger partial charge in [-0.15, -0.1) is 0 Å². The molecule has 3 aliphatic heterocycles. The van der Waals surface area contributed by atoms with Crippen LogP contribution in [-0.2, 0) is 21.4 Å². The summed E-state index contributed by atoms with van der Waals surface area (Å²) in [7, 11) is -1.97. The Morgan fingerprint density at radius 1 is 1.12 bits per heavy atom. The SMILES string of the molecule is COc1ccc2cc1OCC(=O)NCc1ccc(cc1)O[C@@H]1CCN(S(C)(=O)=O)C[C@@H]1NC2=O. The zero-order valence-electron chi connectivity index (χ0n) is 18.9. The minimum absolute atomic E-state index is 0.0885. The number of sulfonamides is 1. The number of rotatable bonds is 2. The Morgan fingerprint density at radius 2 is 1.88 bits per heavy atom. The first-order valence-electron chi connectivity index (χ1n) is 10.8. The first kappa shape index (κ1) is 23.8. The summed E-state index contributed by atoms with van der Waals surface area (Å²) in [6.45, 7) is 0.442. The minimum atomic E-state index is -3.43. The van der Waals surface area contributed by atoms with Crippen LogP contribution >= 0.6 is 0 Å². The smallest absolute Gasteiger partial charge is 0.258 e. The summed E-state index contributed by atoms with van der Waals surface area (Å²) < 4.78 is 42.7. The highest BCUT2D eigenvalue weighted by Crippen LogP contribution is 2.29. The number of piperidine rings is 1. The number of methoxy groups -OCH3 is 1. The van der Waals surface area contributed by atoms with E-state index in [4.69, 9.17) is 14.2 Å². The van der Waals surface area contributed by atoms with Gasteiger partial charge in [0.2, 0.25) is 10.0 Å². The van der Waals surface area contributed by atoms with Gasteiger partial charge in [0.25, 0.3) is 11.8 Å². The van der Waals surface area contributed by atoms with Crippen molar-refractivity contribution < 1.29 is 32.2 Å². The predicted octanol–water partition coefficient (Wildman–Crippen LogP) is 0.915. The molecule has 4 bridgehead atoms. The summed E-state index contributed by atoms with van der Waals surface area (Å²) in [5.74, 6) is 0.456. The van der Waals surface area contributed by atoms with E-state index in [9.17, 15) is 18.0 Å². The third-order valence-corrected chi connectivity index (χ3v) is 7.05. The molecule has 0 aliphatic carbocycles.